The second-order valence-electron chi connectivity index (χ2n) is 5.87. The third kappa shape index (κ3) is 2.45. The minimum atomic E-state index is 0.0871. The second kappa shape index (κ2) is 5.91. The Morgan fingerprint density at radius 1 is 1.33 bits per heavy atom. The van der Waals surface area contributed by atoms with Gasteiger partial charge in [-0.1, -0.05) is 19.1 Å². The molecule has 0 unspecified atom stereocenters. The molecule has 0 radical (unpaired) electrons. The van der Waals surface area contributed by atoms with Gasteiger partial charge < -0.3 is 4.74 Å². The van der Waals surface area contributed by atoms with E-state index < -0.39 is 0 Å². The molecule has 1 aliphatic rings. The predicted molar refractivity (Wildman–Crippen MR) is 98.7 cm³/mol. The number of allylic oxidation sites excluding steroid dienone is 1. The summed E-state index contributed by atoms with van der Waals surface area (Å²) in [6.45, 7) is 2.81. The molecule has 0 atom stereocenters. The molecule has 5 heteroatoms. The van der Waals surface area contributed by atoms with Crippen LogP contribution < -0.4 is 10.3 Å². The SMILES string of the molecule is CCc1cc2c(=O)n3c(nc2s1)C(=Cc1ccc(OC)cc1)CC3. The van der Waals surface area contributed by atoms with E-state index in [2.05, 4.69) is 13.0 Å². The Morgan fingerprint density at radius 2 is 2.12 bits per heavy atom. The minimum Gasteiger partial charge on any atom is -0.497 e. The van der Waals surface area contributed by atoms with Gasteiger partial charge in [0.05, 0.1) is 12.5 Å². The summed E-state index contributed by atoms with van der Waals surface area (Å²) in [5.41, 5.74) is 2.30. The lowest BCUT2D eigenvalue weighted by Crippen LogP contribution is -2.19. The highest BCUT2D eigenvalue weighted by molar-refractivity contribution is 7.18. The van der Waals surface area contributed by atoms with Gasteiger partial charge in [0, 0.05) is 11.4 Å². The van der Waals surface area contributed by atoms with Crippen LogP contribution in [0, 0.1) is 0 Å². The zero-order valence-electron chi connectivity index (χ0n) is 13.7. The highest BCUT2D eigenvalue weighted by Gasteiger charge is 2.21. The second-order valence-corrected chi connectivity index (χ2v) is 6.99. The highest BCUT2D eigenvalue weighted by atomic mass is 32.1. The number of rotatable bonds is 3. The number of benzene rings is 1. The van der Waals surface area contributed by atoms with Gasteiger partial charge in [-0.25, -0.2) is 4.98 Å². The molecule has 0 saturated heterocycles. The van der Waals surface area contributed by atoms with Crippen LogP contribution in [0.5, 0.6) is 5.75 Å². The van der Waals surface area contributed by atoms with E-state index in [0.29, 0.717) is 6.54 Å². The van der Waals surface area contributed by atoms with E-state index in [1.807, 2.05) is 34.9 Å². The van der Waals surface area contributed by atoms with Crippen molar-refractivity contribution in [1.82, 2.24) is 9.55 Å². The third-order valence-corrected chi connectivity index (χ3v) is 5.57. The largest absolute Gasteiger partial charge is 0.497 e. The van der Waals surface area contributed by atoms with E-state index in [1.165, 1.54) is 4.88 Å². The molecular formula is C19H18N2O2S. The van der Waals surface area contributed by atoms with Crippen molar-refractivity contribution >= 4 is 33.2 Å². The molecule has 3 heterocycles. The molecule has 1 aliphatic heterocycles. The Bertz CT molecular complexity index is 997. The summed E-state index contributed by atoms with van der Waals surface area (Å²) in [7, 11) is 1.66. The fourth-order valence-electron chi connectivity index (χ4n) is 3.07. The van der Waals surface area contributed by atoms with Gasteiger partial charge in [-0.2, -0.15) is 0 Å². The number of aromatic nitrogens is 2. The standard InChI is InChI=1S/C19H18N2O2S/c1-3-15-11-16-18(24-15)20-17-13(8-9-21(17)19(16)22)10-12-4-6-14(23-2)7-5-12/h4-7,10-11H,3,8-9H2,1-2H3. The maximum absolute atomic E-state index is 12.7. The summed E-state index contributed by atoms with van der Waals surface area (Å²) < 4.78 is 7.00. The molecular weight excluding hydrogens is 320 g/mol. The molecule has 0 bridgehead atoms. The van der Waals surface area contributed by atoms with E-state index in [4.69, 9.17) is 9.72 Å². The Kier molecular flexibility index (Phi) is 3.73. The number of aryl methyl sites for hydroxylation is 1. The number of ether oxygens (including phenoxy) is 1. The maximum atomic E-state index is 12.7. The first kappa shape index (κ1) is 15.1. The first-order chi connectivity index (χ1) is 11.7. The number of hydrogen-bond acceptors (Lipinski definition) is 4. The van der Waals surface area contributed by atoms with Crippen molar-refractivity contribution in [3.8, 4) is 5.75 Å². The first-order valence-corrected chi connectivity index (χ1v) is 8.89. The molecule has 0 saturated carbocycles. The van der Waals surface area contributed by atoms with Crippen molar-refractivity contribution in [3.05, 3.63) is 57.0 Å². The number of methoxy groups -OCH3 is 1. The summed E-state index contributed by atoms with van der Waals surface area (Å²) in [5.74, 6) is 1.65. The third-order valence-electron chi connectivity index (χ3n) is 4.40. The van der Waals surface area contributed by atoms with Gasteiger partial charge in [0.15, 0.2) is 0 Å². The normalized spacial score (nSPS) is 15.2. The van der Waals surface area contributed by atoms with Crippen molar-refractivity contribution < 1.29 is 4.74 Å². The van der Waals surface area contributed by atoms with Crippen molar-refractivity contribution in [1.29, 1.82) is 0 Å². The topological polar surface area (TPSA) is 44.1 Å². The Balaban J connectivity index is 1.81. The van der Waals surface area contributed by atoms with E-state index >= 15 is 0 Å². The van der Waals surface area contributed by atoms with Crippen LogP contribution in [-0.2, 0) is 13.0 Å². The van der Waals surface area contributed by atoms with Gasteiger partial charge in [0.1, 0.15) is 16.4 Å². The molecule has 0 amide bonds. The summed E-state index contributed by atoms with van der Waals surface area (Å²) >= 11 is 1.62. The molecule has 1 aromatic carbocycles. The summed E-state index contributed by atoms with van der Waals surface area (Å²) in [6.07, 6.45) is 3.89. The number of nitrogens with zero attached hydrogens (tertiary/aromatic N) is 2. The predicted octanol–water partition coefficient (Wildman–Crippen LogP) is 3.97. The highest BCUT2D eigenvalue weighted by Crippen LogP contribution is 2.30. The van der Waals surface area contributed by atoms with Crippen molar-refractivity contribution in [2.75, 3.05) is 7.11 Å². The van der Waals surface area contributed by atoms with Crippen LogP contribution in [0.1, 0.15) is 29.6 Å². The maximum Gasteiger partial charge on any atom is 0.262 e. The van der Waals surface area contributed by atoms with Gasteiger partial charge in [0.2, 0.25) is 0 Å². The minimum absolute atomic E-state index is 0.0871. The van der Waals surface area contributed by atoms with E-state index in [1.54, 1.807) is 18.4 Å². The lowest BCUT2D eigenvalue weighted by molar-refractivity contribution is 0.415. The van der Waals surface area contributed by atoms with Crippen molar-refractivity contribution in [2.45, 2.75) is 26.3 Å². The molecule has 0 aliphatic carbocycles. The summed E-state index contributed by atoms with van der Waals surface area (Å²) in [6, 6.07) is 9.92. The number of hydrogen-bond donors (Lipinski definition) is 0. The van der Waals surface area contributed by atoms with Crippen LogP contribution in [0.15, 0.2) is 35.1 Å². The fourth-order valence-corrected chi connectivity index (χ4v) is 4.03. The molecule has 4 nitrogen and oxygen atoms in total. The molecule has 3 aromatic rings. The Morgan fingerprint density at radius 3 is 2.83 bits per heavy atom. The average Bonchev–Trinajstić information content (AvgIpc) is 3.21. The summed E-state index contributed by atoms with van der Waals surface area (Å²) in [4.78, 5) is 19.6. The molecule has 0 N–H and O–H groups in total. The molecule has 2 aromatic heterocycles. The monoisotopic (exact) mass is 338 g/mol. The van der Waals surface area contributed by atoms with Gasteiger partial charge in [-0.3, -0.25) is 9.36 Å². The van der Waals surface area contributed by atoms with E-state index in [9.17, 15) is 4.79 Å². The van der Waals surface area contributed by atoms with Gasteiger partial charge in [0.25, 0.3) is 5.56 Å². The lowest BCUT2D eigenvalue weighted by atomic mass is 10.1. The van der Waals surface area contributed by atoms with Crippen molar-refractivity contribution in [3.63, 3.8) is 0 Å². The molecule has 122 valence electrons. The average molecular weight is 338 g/mol. The van der Waals surface area contributed by atoms with Crippen LogP contribution in [0.3, 0.4) is 0 Å². The van der Waals surface area contributed by atoms with Gasteiger partial charge in [-0.05, 0) is 48.3 Å². The first-order valence-electron chi connectivity index (χ1n) is 8.08. The van der Waals surface area contributed by atoms with Crippen LogP contribution in [0.25, 0.3) is 21.9 Å². The Hall–Kier alpha value is -2.40. The van der Waals surface area contributed by atoms with Crippen LogP contribution in [0.4, 0.5) is 0 Å². The lowest BCUT2D eigenvalue weighted by Gasteiger charge is -2.03. The fraction of sp³-hybridized carbons (Fsp3) is 0.263. The zero-order chi connectivity index (χ0) is 16.7. The van der Waals surface area contributed by atoms with Crippen LogP contribution in [-0.4, -0.2) is 16.7 Å². The Labute approximate surface area is 144 Å². The molecule has 0 fully saturated rings. The van der Waals surface area contributed by atoms with Crippen LogP contribution >= 0.6 is 11.3 Å². The van der Waals surface area contributed by atoms with Crippen LogP contribution in [0.2, 0.25) is 0 Å². The van der Waals surface area contributed by atoms with E-state index in [0.717, 1.165) is 45.8 Å². The van der Waals surface area contributed by atoms with Crippen molar-refractivity contribution in [2.24, 2.45) is 0 Å². The van der Waals surface area contributed by atoms with Gasteiger partial charge >= 0.3 is 0 Å². The smallest absolute Gasteiger partial charge is 0.262 e. The quantitative estimate of drug-likeness (QED) is 0.726. The molecule has 4 rings (SSSR count). The molecule has 0 spiro atoms. The number of fused-ring (bicyclic) bond motifs is 2. The summed E-state index contributed by atoms with van der Waals surface area (Å²) in [5, 5.41) is 0.756. The van der Waals surface area contributed by atoms with Gasteiger partial charge in [-0.15, -0.1) is 11.3 Å². The number of thiophene rings is 1. The zero-order valence-corrected chi connectivity index (χ0v) is 14.5. The van der Waals surface area contributed by atoms with E-state index in [-0.39, 0.29) is 5.56 Å². The molecule has 24 heavy (non-hydrogen) atoms.